The lowest BCUT2D eigenvalue weighted by Gasteiger charge is -2.29. The summed E-state index contributed by atoms with van der Waals surface area (Å²) in [4.78, 5) is 4.76. The first-order valence-corrected chi connectivity index (χ1v) is 26.8. The minimum absolute atomic E-state index is 0.103. The van der Waals surface area contributed by atoms with E-state index in [1.165, 1.54) is 98.0 Å². The molecule has 4 fully saturated rings. The molecule has 0 aliphatic heterocycles. The van der Waals surface area contributed by atoms with Crippen molar-refractivity contribution in [1.82, 2.24) is 0 Å². The number of rotatable bonds is 11. The molecule has 0 spiro atoms. The summed E-state index contributed by atoms with van der Waals surface area (Å²) in [6.45, 7) is 6.86. The topological polar surface area (TPSA) is 6.48 Å². The second-order valence-electron chi connectivity index (χ2n) is 22.4. The van der Waals surface area contributed by atoms with Gasteiger partial charge >= 0.3 is 0 Å². The van der Waals surface area contributed by atoms with Crippen molar-refractivity contribution in [3.8, 4) is 55.6 Å². The van der Waals surface area contributed by atoms with Gasteiger partial charge in [-0.15, -0.1) is 0 Å². The Morgan fingerprint density at radius 1 is 0.338 bits per heavy atom. The molecule has 4 saturated carbocycles. The molecule has 10 aromatic carbocycles. The van der Waals surface area contributed by atoms with Gasteiger partial charge in [-0.05, 0) is 201 Å². The number of nitrogens with zero attached hydrogens (tertiary/aromatic N) is 2. The van der Waals surface area contributed by atoms with Gasteiger partial charge in [0.25, 0.3) is 0 Å². The molecule has 4 bridgehead atoms. The maximum Gasteiger partial charge on any atom is 0.0465 e. The molecule has 2 atom stereocenters. The van der Waals surface area contributed by atoms with Gasteiger partial charge in [0, 0.05) is 39.5 Å². The Morgan fingerprint density at radius 2 is 0.689 bits per heavy atom. The van der Waals surface area contributed by atoms with E-state index in [1.54, 1.807) is 5.56 Å². The van der Waals surface area contributed by atoms with Gasteiger partial charge in [0.05, 0.1) is 0 Å². The maximum absolute atomic E-state index is 2.45. The quantitative estimate of drug-likeness (QED) is 0.127. The summed E-state index contributed by atoms with van der Waals surface area (Å²) in [6.07, 6.45) is 5.81. The van der Waals surface area contributed by atoms with Gasteiger partial charge in [-0.3, -0.25) is 0 Å². The second kappa shape index (κ2) is 17.5. The molecule has 2 nitrogen and oxygen atoms in total. The molecular weight excluding hydrogens is 893 g/mol. The number of fused-ring (bicyclic) bond motifs is 3. The standard InChI is InChI=1S/C72H60N2/c1-48-13-31-61(32-14-48)73(62-33-23-54(24-34-62)51-17-15-50(16-18-51)52-19-29-59(30-20-52)72-46-57-43-60(72)44-58(57)47-72)63-35-25-55(26-36-63)56-27-39-65(40-28-56)74(64-37-21-53(22-38-64)49-9-5-4-6-10-49)66-41-42-68-67-11-7-8-12-69(67)71(2,3)70(68)45-66/h4-42,45,57-58,60H,43-44,46-47H2,1-3H3. The van der Waals surface area contributed by atoms with E-state index in [-0.39, 0.29) is 5.41 Å². The maximum atomic E-state index is 2.45. The van der Waals surface area contributed by atoms with Gasteiger partial charge in [-0.25, -0.2) is 0 Å². The zero-order valence-electron chi connectivity index (χ0n) is 42.5. The Bertz CT molecular complexity index is 3650. The van der Waals surface area contributed by atoms with E-state index in [0.29, 0.717) is 5.41 Å². The summed E-state index contributed by atoms with van der Waals surface area (Å²) in [5.41, 5.74) is 25.1. The van der Waals surface area contributed by atoms with Crippen LogP contribution < -0.4 is 9.80 Å². The largest absolute Gasteiger partial charge is 0.311 e. The molecule has 10 aromatic rings. The lowest BCUT2D eigenvalue weighted by atomic mass is 9.74. The van der Waals surface area contributed by atoms with Crippen LogP contribution in [0.2, 0.25) is 0 Å². The highest BCUT2D eigenvalue weighted by atomic mass is 15.1. The summed E-state index contributed by atoms with van der Waals surface area (Å²) >= 11 is 0. The molecule has 0 N–H and O–H groups in total. The van der Waals surface area contributed by atoms with Crippen molar-refractivity contribution >= 4 is 34.1 Å². The molecule has 0 saturated heterocycles. The van der Waals surface area contributed by atoms with E-state index < -0.39 is 0 Å². The van der Waals surface area contributed by atoms with E-state index in [2.05, 4.69) is 273 Å². The van der Waals surface area contributed by atoms with Crippen LogP contribution in [-0.4, -0.2) is 0 Å². The number of aryl methyl sites for hydroxylation is 1. The van der Waals surface area contributed by atoms with Crippen LogP contribution in [-0.2, 0) is 10.8 Å². The molecule has 2 unspecified atom stereocenters. The highest BCUT2D eigenvalue weighted by molar-refractivity contribution is 5.87. The number of benzene rings is 10. The second-order valence-corrected chi connectivity index (χ2v) is 22.4. The zero-order valence-corrected chi connectivity index (χ0v) is 42.5. The van der Waals surface area contributed by atoms with Gasteiger partial charge < -0.3 is 9.80 Å². The Labute approximate surface area is 437 Å². The van der Waals surface area contributed by atoms with Gasteiger partial charge in [-0.1, -0.05) is 189 Å². The molecule has 358 valence electrons. The SMILES string of the molecule is Cc1ccc(N(c2ccc(-c3ccc(-c4ccc(C56CC7CC5CC7C6)cc4)cc3)cc2)c2ccc(-c3ccc(N(c4ccc(-c5ccccc5)cc4)c4ccc5c(c4)C(C)(C)c4ccccc4-5)cc3)cc2)cc1. The van der Waals surface area contributed by atoms with Crippen molar-refractivity contribution in [3.63, 3.8) is 0 Å². The van der Waals surface area contributed by atoms with Gasteiger partial charge in [-0.2, -0.15) is 0 Å². The van der Waals surface area contributed by atoms with Crippen molar-refractivity contribution in [2.45, 2.75) is 57.3 Å². The normalized spacial score (nSPS) is 19.4. The Kier molecular flexibility index (Phi) is 10.5. The third-order valence-electron chi connectivity index (χ3n) is 17.9. The molecule has 0 radical (unpaired) electrons. The molecule has 5 aliphatic rings. The zero-order chi connectivity index (χ0) is 49.5. The molecule has 2 heteroatoms. The monoisotopic (exact) mass is 952 g/mol. The number of anilines is 6. The predicted molar refractivity (Wildman–Crippen MR) is 310 cm³/mol. The molecule has 74 heavy (non-hydrogen) atoms. The summed E-state index contributed by atoms with van der Waals surface area (Å²) in [5, 5.41) is 0. The fourth-order valence-electron chi connectivity index (χ4n) is 14.1. The molecule has 0 heterocycles. The van der Waals surface area contributed by atoms with Crippen molar-refractivity contribution in [1.29, 1.82) is 0 Å². The lowest BCUT2D eigenvalue weighted by Crippen LogP contribution is -2.24. The van der Waals surface area contributed by atoms with Crippen molar-refractivity contribution < 1.29 is 0 Å². The van der Waals surface area contributed by atoms with Crippen LogP contribution in [0.1, 0.15) is 61.8 Å². The van der Waals surface area contributed by atoms with Crippen LogP contribution in [0.4, 0.5) is 34.1 Å². The smallest absolute Gasteiger partial charge is 0.0465 e. The fraction of sp³-hybridized carbons (Fsp3) is 0.167. The Balaban J connectivity index is 0.730. The molecule has 0 amide bonds. The summed E-state index contributed by atoms with van der Waals surface area (Å²) in [7, 11) is 0. The third kappa shape index (κ3) is 7.45. The van der Waals surface area contributed by atoms with Crippen molar-refractivity contribution in [3.05, 3.63) is 265 Å². The van der Waals surface area contributed by atoms with Crippen molar-refractivity contribution in [2.75, 3.05) is 9.80 Å². The first-order chi connectivity index (χ1) is 36.3. The Hall–Kier alpha value is -8.20. The van der Waals surface area contributed by atoms with E-state index in [4.69, 9.17) is 0 Å². The third-order valence-corrected chi connectivity index (χ3v) is 17.9. The van der Waals surface area contributed by atoms with Crippen LogP contribution in [0.3, 0.4) is 0 Å². The van der Waals surface area contributed by atoms with E-state index in [0.717, 1.165) is 51.9 Å². The highest BCUT2D eigenvalue weighted by Crippen LogP contribution is 2.70. The van der Waals surface area contributed by atoms with E-state index in [9.17, 15) is 0 Å². The van der Waals surface area contributed by atoms with E-state index in [1.807, 2.05) is 0 Å². The predicted octanol–water partition coefficient (Wildman–Crippen LogP) is 19.6. The average Bonchev–Trinajstić information content (AvgIpc) is 4.27. The number of hydrogen-bond acceptors (Lipinski definition) is 2. The first-order valence-electron chi connectivity index (χ1n) is 26.8. The summed E-state index contributed by atoms with van der Waals surface area (Å²) in [6, 6.07) is 90.3. The minimum Gasteiger partial charge on any atom is -0.311 e. The van der Waals surface area contributed by atoms with Crippen LogP contribution in [0, 0.1) is 24.7 Å². The Morgan fingerprint density at radius 3 is 1.14 bits per heavy atom. The average molecular weight is 953 g/mol. The van der Waals surface area contributed by atoms with Gasteiger partial charge in [0.1, 0.15) is 0 Å². The van der Waals surface area contributed by atoms with Crippen LogP contribution in [0.5, 0.6) is 0 Å². The summed E-state index contributed by atoms with van der Waals surface area (Å²) in [5.74, 6) is 2.93. The molecule has 5 aliphatic carbocycles. The first kappa shape index (κ1) is 44.5. The van der Waals surface area contributed by atoms with Crippen LogP contribution >= 0.6 is 0 Å². The van der Waals surface area contributed by atoms with Crippen LogP contribution in [0.15, 0.2) is 243 Å². The number of hydrogen-bond donors (Lipinski definition) is 0. The lowest BCUT2D eigenvalue weighted by molar-refractivity contribution is 0.371. The molecular formula is C72H60N2. The van der Waals surface area contributed by atoms with Crippen LogP contribution in [0.25, 0.3) is 55.6 Å². The van der Waals surface area contributed by atoms with E-state index >= 15 is 0 Å². The molecule has 0 aromatic heterocycles. The molecule has 15 rings (SSSR count). The van der Waals surface area contributed by atoms with Crippen molar-refractivity contribution in [2.24, 2.45) is 17.8 Å². The highest BCUT2D eigenvalue weighted by Gasteiger charge is 2.63. The fourth-order valence-corrected chi connectivity index (χ4v) is 14.1. The summed E-state index contributed by atoms with van der Waals surface area (Å²) < 4.78 is 0. The van der Waals surface area contributed by atoms with Gasteiger partial charge in [0.2, 0.25) is 0 Å². The van der Waals surface area contributed by atoms with Gasteiger partial charge in [0.15, 0.2) is 0 Å². The minimum atomic E-state index is -0.103.